The number of rotatable bonds is 6. The highest BCUT2D eigenvalue weighted by atomic mass is 32.1. The molecule has 124 valence electrons. The third kappa shape index (κ3) is 5.23. The number of amides is 2. The number of carbonyl (C=O) groups is 1. The van der Waals surface area contributed by atoms with Gasteiger partial charge in [0.15, 0.2) is 0 Å². The van der Waals surface area contributed by atoms with Crippen LogP contribution in [0.5, 0.6) is 0 Å². The summed E-state index contributed by atoms with van der Waals surface area (Å²) in [4.78, 5) is 20.9. The van der Waals surface area contributed by atoms with E-state index in [0.29, 0.717) is 0 Å². The molecular weight excluding hydrogens is 300 g/mol. The molecule has 2 rings (SSSR count). The zero-order chi connectivity index (χ0) is 15.9. The molecular formula is C15H26N4O2S. The number of aryl methyl sites for hydroxylation is 1. The van der Waals surface area contributed by atoms with Crippen molar-refractivity contribution in [3.8, 4) is 0 Å². The van der Waals surface area contributed by atoms with Crippen molar-refractivity contribution in [1.82, 2.24) is 20.1 Å². The number of aromatic nitrogens is 1. The summed E-state index contributed by atoms with van der Waals surface area (Å²) in [5.41, 5.74) is 1.12. The molecule has 7 heteroatoms. The van der Waals surface area contributed by atoms with Crippen molar-refractivity contribution in [2.45, 2.75) is 39.3 Å². The van der Waals surface area contributed by atoms with Gasteiger partial charge >= 0.3 is 6.03 Å². The lowest BCUT2D eigenvalue weighted by molar-refractivity contribution is 0.132. The summed E-state index contributed by atoms with van der Waals surface area (Å²) in [7, 11) is 0. The Morgan fingerprint density at radius 1 is 1.45 bits per heavy atom. The predicted octanol–water partition coefficient (Wildman–Crippen LogP) is 1.44. The van der Waals surface area contributed by atoms with Crippen LogP contribution in [0, 0.1) is 6.92 Å². The SMILES string of the molecule is Cc1nc(CN2CCN(C(=O)NC(C)CCCO)CC2)cs1. The molecule has 0 spiro atoms. The molecule has 1 aliphatic heterocycles. The van der Waals surface area contributed by atoms with Crippen LogP contribution in [0.1, 0.15) is 30.5 Å². The number of hydrogen-bond acceptors (Lipinski definition) is 5. The first-order valence-electron chi connectivity index (χ1n) is 7.88. The summed E-state index contributed by atoms with van der Waals surface area (Å²) >= 11 is 1.68. The number of carbonyl (C=O) groups excluding carboxylic acids is 1. The maximum atomic E-state index is 12.2. The van der Waals surface area contributed by atoms with E-state index in [1.54, 1.807) is 11.3 Å². The van der Waals surface area contributed by atoms with Gasteiger partial charge in [-0.3, -0.25) is 4.90 Å². The lowest BCUT2D eigenvalue weighted by Crippen LogP contribution is -2.52. The number of aliphatic hydroxyl groups is 1. The highest BCUT2D eigenvalue weighted by Gasteiger charge is 2.22. The molecule has 0 aromatic carbocycles. The Labute approximate surface area is 136 Å². The van der Waals surface area contributed by atoms with E-state index in [0.717, 1.165) is 56.3 Å². The summed E-state index contributed by atoms with van der Waals surface area (Å²) in [5, 5.41) is 15.0. The van der Waals surface area contributed by atoms with Gasteiger partial charge in [-0.25, -0.2) is 9.78 Å². The third-order valence-corrected chi connectivity index (χ3v) is 4.70. The summed E-state index contributed by atoms with van der Waals surface area (Å²) in [5.74, 6) is 0. The molecule has 22 heavy (non-hydrogen) atoms. The van der Waals surface area contributed by atoms with Crippen LogP contribution in [0.15, 0.2) is 5.38 Å². The first-order valence-corrected chi connectivity index (χ1v) is 8.76. The van der Waals surface area contributed by atoms with Crippen molar-refractivity contribution < 1.29 is 9.90 Å². The normalized spacial score (nSPS) is 17.5. The number of hydrogen-bond donors (Lipinski definition) is 2. The summed E-state index contributed by atoms with van der Waals surface area (Å²) in [6.07, 6.45) is 1.54. The van der Waals surface area contributed by atoms with E-state index >= 15 is 0 Å². The average molecular weight is 326 g/mol. The molecule has 1 aromatic rings. The number of nitrogens with zero attached hydrogens (tertiary/aromatic N) is 3. The standard InChI is InChI=1S/C15H26N4O2S/c1-12(4-3-9-20)16-15(21)19-7-5-18(6-8-19)10-14-11-22-13(2)17-14/h11-12,20H,3-10H2,1-2H3,(H,16,21). The van der Waals surface area contributed by atoms with E-state index in [1.165, 1.54) is 0 Å². The van der Waals surface area contributed by atoms with Crippen LogP contribution < -0.4 is 5.32 Å². The predicted molar refractivity (Wildman–Crippen MR) is 88.0 cm³/mol. The van der Waals surface area contributed by atoms with Gasteiger partial charge in [0.25, 0.3) is 0 Å². The minimum atomic E-state index is 0.00888. The Morgan fingerprint density at radius 2 is 2.18 bits per heavy atom. The topological polar surface area (TPSA) is 68.7 Å². The molecule has 0 radical (unpaired) electrons. The summed E-state index contributed by atoms with van der Waals surface area (Å²) in [6.45, 7) is 8.32. The van der Waals surface area contributed by atoms with E-state index in [-0.39, 0.29) is 18.7 Å². The summed E-state index contributed by atoms with van der Waals surface area (Å²) in [6, 6.07) is 0.116. The molecule has 1 aliphatic rings. The fourth-order valence-electron chi connectivity index (χ4n) is 2.59. The molecule has 6 nitrogen and oxygen atoms in total. The molecule has 2 heterocycles. The second kappa shape index (κ2) is 8.45. The second-order valence-corrected chi connectivity index (χ2v) is 6.90. The number of nitrogens with one attached hydrogen (secondary N) is 1. The maximum absolute atomic E-state index is 12.2. The van der Waals surface area contributed by atoms with E-state index in [2.05, 4.69) is 20.6 Å². The zero-order valence-electron chi connectivity index (χ0n) is 13.4. The van der Waals surface area contributed by atoms with Crippen molar-refractivity contribution in [1.29, 1.82) is 0 Å². The monoisotopic (exact) mass is 326 g/mol. The Balaban J connectivity index is 1.71. The van der Waals surface area contributed by atoms with Crippen LogP contribution >= 0.6 is 11.3 Å². The quantitative estimate of drug-likeness (QED) is 0.830. The fraction of sp³-hybridized carbons (Fsp3) is 0.733. The van der Waals surface area contributed by atoms with Crippen LogP contribution in [0.25, 0.3) is 0 Å². The highest BCUT2D eigenvalue weighted by molar-refractivity contribution is 7.09. The largest absolute Gasteiger partial charge is 0.396 e. The maximum Gasteiger partial charge on any atom is 0.317 e. The first kappa shape index (κ1) is 17.2. The van der Waals surface area contributed by atoms with Crippen LogP contribution in [-0.2, 0) is 6.54 Å². The summed E-state index contributed by atoms with van der Waals surface area (Å²) < 4.78 is 0. The Hall–Kier alpha value is -1.18. The van der Waals surface area contributed by atoms with Gasteiger partial charge in [0.1, 0.15) is 0 Å². The van der Waals surface area contributed by atoms with Crippen molar-refractivity contribution >= 4 is 17.4 Å². The minimum absolute atomic E-state index is 0.00888. The number of aliphatic hydroxyl groups excluding tert-OH is 1. The van der Waals surface area contributed by atoms with Crippen LogP contribution in [-0.4, -0.2) is 64.7 Å². The minimum Gasteiger partial charge on any atom is -0.396 e. The average Bonchev–Trinajstić information content (AvgIpc) is 2.91. The lowest BCUT2D eigenvalue weighted by Gasteiger charge is -2.35. The van der Waals surface area contributed by atoms with E-state index in [1.807, 2.05) is 18.7 Å². The number of thiazole rings is 1. The molecule has 0 bridgehead atoms. The molecule has 2 N–H and O–H groups in total. The van der Waals surface area contributed by atoms with Gasteiger partial charge in [-0.05, 0) is 26.7 Å². The van der Waals surface area contributed by atoms with Crippen molar-refractivity contribution in [2.24, 2.45) is 0 Å². The number of piperazine rings is 1. The van der Waals surface area contributed by atoms with E-state index in [4.69, 9.17) is 5.11 Å². The van der Waals surface area contributed by atoms with Gasteiger partial charge in [-0.15, -0.1) is 11.3 Å². The lowest BCUT2D eigenvalue weighted by atomic mass is 10.2. The third-order valence-electron chi connectivity index (χ3n) is 3.88. The molecule has 1 saturated heterocycles. The van der Waals surface area contributed by atoms with Crippen molar-refractivity contribution in [3.63, 3.8) is 0 Å². The first-order chi connectivity index (χ1) is 10.6. The molecule has 2 amide bonds. The van der Waals surface area contributed by atoms with Gasteiger partial charge in [0.05, 0.1) is 10.7 Å². The van der Waals surface area contributed by atoms with Gasteiger partial charge in [0.2, 0.25) is 0 Å². The Kier molecular flexibility index (Phi) is 6.60. The van der Waals surface area contributed by atoms with Crippen LogP contribution in [0.3, 0.4) is 0 Å². The fourth-order valence-corrected chi connectivity index (χ4v) is 3.19. The van der Waals surface area contributed by atoms with Gasteiger partial charge < -0.3 is 15.3 Å². The van der Waals surface area contributed by atoms with Gasteiger partial charge in [-0.1, -0.05) is 0 Å². The van der Waals surface area contributed by atoms with Crippen LogP contribution in [0.2, 0.25) is 0 Å². The Morgan fingerprint density at radius 3 is 2.77 bits per heavy atom. The van der Waals surface area contributed by atoms with Gasteiger partial charge in [0, 0.05) is 50.8 Å². The molecule has 1 fully saturated rings. The highest BCUT2D eigenvalue weighted by Crippen LogP contribution is 2.12. The molecule has 0 saturated carbocycles. The molecule has 0 aliphatic carbocycles. The zero-order valence-corrected chi connectivity index (χ0v) is 14.2. The molecule has 1 atom stereocenters. The van der Waals surface area contributed by atoms with Gasteiger partial charge in [-0.2, -0.15) is 0 Å². The number of urea groups is 1. The van der Waals surface area contributed by atoms with Crippen LogP contribution in [0.4, 0.5) is 4.79 Å². The Bertz CT molecular complexity index is 472. The molecule has 1 unspecified atom stereocenters. The van der Waals surface area contributed by atoms with Crippen molar-refractivity contribution in [2.75, 3.05) is 32.8 Å². The van der Waals surface area contributed by atoms with Crippen molar-refractivity contribution in [3.05, 3.63) is 16.1 Å². The second-order valence-electron chi connectivity index (χ2n) is 5.84. The van der Waals surface area contributed by atoms with E-state index < -0.39 is 0 Å². The molecule has 1 aromatic heterocycles. The van der Waals surface area contributed by atoms with E-state index in [9.17, 15) is 4.79 Å². The smallest absolute Gasteiger partial charge is 0.317 e.